The predicted octanol–water partition coefficient (Wildman–Crippen LogP) is 12.7. The monoisotopic (exact) mass is 625 g/mol. The molecule has 1 heterocycles. The summed E-state index contributed by atoms with van der Waals surface area (Å²) in [5.74, 6) is 0. The van der Waals surface area contributed by atoms with Gasteiger partial charge in [0.15, 0.2) is 0 Å². The highest BCUT2D eigenvalue weighted by molar-refractivity contribution is 7.26. The average molecular weight is 626 g/mol. The quantitative estimate of drug-likeness (QED) is 0.201. The largest absolute Gasteiger partial charge is 0.355 e. The summed E-state index contributed by atoms with van der Waals surface area (Å²) in [6.07, 6.45) is 0. The number of anilines is 2. The summed E-state index contributed by atoms with van der Waals surface area (Å²) in [4.78, 5) is 0. The van der Waals surface area contributed by atoms with Crippen molar-refractivity contribution in [2.24, 2.45) is 0 Å². The Kier molecular flexibility index (Phi) is 5.88. The van der Waals surface area contributed by atoms with Crippen LogP contribution < -0.4 is 5.32 Å². The van der Waals surface area contributed by atoms with E-state index < -0.39 is 5.41 Å². The smallest absolute Gasteiger partial charge is 0.0726 e. The summed E-state index contributed by atoms with van der Waals surface area (Å²) >= 11 is 1.86. The van der Waals surface area contributed by atoms with Gasteiger partial charge in [-0.05, 0) is 96.8 Å². The van der Waals surface area contributed by atoms with Gasteiger partial charge in [-0.2, -0.15) is 0 Å². The van der Waals surface area contributed by atoms with Crippen LogP contribution in [0.3, 0.4) is 0 Å². The summed E-state index contributed by atoms with van der Waals surface area (Å²) in [7, 11) is 0. The number of benzene rings is 6. The molecule has 0 amide bonds. The molecule has 2 aliphatic carbocycles. The lowest BCUT2D eigenvalue weighted by molar-refractivity contribution is 0.586. The van der Waals surface area contributed by atoms with E-state index in [1.807, 2.05) is 11.3 Å². The van der Waals surface area contributed by atoms with Crippen molar-refractivity contribution in [2.45, 2.75) is 57.8 Å². The number of hydrogen-bond acceptors (Lipinski definition) is 2. The molecule has 47 heavy (non-hydrogen) atoms. The van der Waals surface area contributed by atoms with Crippen LogP contribution in [-0.2, 0) is 16.2 Å². The van der Waals surface area contributed by atoms with E-state index in [-0.39, 0.29) is 10.8 Å². The van der Waals surface area contributed by atoms with E-state index in [2.05, 4.69) is 168 Å². The Balaban J connectivity index is 1.33. The normalized spacial score (nSPS) is 14.3. The van der Waals surface area contributed by atoms with E-state index in [1.54, 1.807) is 0 Å². The highest BCUT2D eigenvalue weighted by atomic mass is 32.1. The molecular formula is C45H39NS. The minimum absolute atomic E-state index is 0.0356. The number of fused-ring (bicyclic) bond motifs is 13. The second-order valence-corrected chi connectivity index (χ2v) is 16.6. The van der Waals surface area contributed by atoms with E-state index in [9.17, 15) is 0 Å². The molecule has 0 fully saturated rings. The molecule has 9 rings (SSSR count). The third-order valence-corrected chi connectivity index (χ3v) is 11.7. The molecule has 0 saturated carbocycles. The van der Waals surface area contributed by atoms with Gasteiger partial charge in [0.25, 0.3) is 0 Å². The van der Waals surface area contributed by atoms with E-state index in [1.165, 1.54) is 75.8 Å². The highest BCUT2D eigenvalue weighted by Gasteiger charge is 2.52. The Hall–Kier alpha value is -4.66. The highest BCUT2D eigenvalue weighted by Crippen LogP contribution is 2.63. The summed E-state index contributed by atoms with van der Waals surface area (Å²) in [5.41, 5.74) is 15.6. The Morgan fingerprint density at radius 1 is 0.489 bits per heavy atom. The fourth-order valence-electron chi connectivity index (χ4n) is 8.23. The van der Waals surface area contributed by atoms with Gasteiger partial charge < -0.3 is 5.32 Å². The van der Waals surface area contributed by atoms with E-state index in [0.717, 1.165) is 11.4 Å². The molecule has 1 aromatic heterocycles. The van der Waals surface area contributed by atoms with Gasteiger partial charge in [0, 0.05) is 31.5 Å². The van der Waals surface area contributed by atoms with Crippen molar-refractivity contribution < 1.29 is 0 Å². The van der Waals surface area contributed by atoms with Crippen molar-refractivity contribution in [1.29, 1.82) is 0 Å². The molecule has 1 nitrogen and oxygen atoms in total. The lowest BCUT2D eigenvalue weighted by Gasteiger charge is -2.33. The van der Waals surface area contributed by atoms with Gasteiger partial charge in [0.1, 0.15) is 0 Å². The van der Waals surface area contributed by atoms with Crippen LogP contribution >= 0.6 is 11.3 Å². The van der Waals surface area contributed by atoms with Gasteiger partial charge in [0.05, 0.1) is 5.41 Å². The number of rotatable bonds is 2. The van der Waals surface area contributed by atoms with Crippen LogP contribution in [0.15, 0.2) is 121 Å². The van der Waals surface area contributed by atoms with Crippen LogP contribution in [0.5, 0.6) is 0 Å². The molecule has 1 spiro atoms. The van der Waals surface area contributed by atoms with Crippen LogP contribution in [0.4, 0.5) is 11.4 Å². The Bertz CT molecular complexity index is 2350. The van der Waals surface area contributed by atoms with E-state index in [4.69, 9.17) is 0 Å². The first-order chi connectivity index (χ1) is 22.5. The Labute approximate surface area is 281 Å². The Morgan fingerprint density at radius 2 is 1.04 bits per heavy atom. The zero-order chi connectivity index (χ0) is 32.3. The van der Waals surface area contributed by atoms with Gasteiger partial charge in [-0.15, -0.1) is 11.3 Å². The van der Waals surface area contributed by atoms with Gasteiger partial charge >= 0.3 is 0 Å². The average Bonchev–Trinajstić information content (AvgIpc) is 3.67. The van der Waals surface area contributed by atoms with E-state index >= 15 is 0 Å². The number of thiophene rings is 1. The van der Waals surface area contributed by atoms with Crippen molar-refractivity contribution in [3.05, 3.63) is 155 Å². The summed E-state index contributed by atoms with van der Waals surface area (Å²) in [5, 5.41) is 6.52. The number of nitrogens with one attached hydrogen (secondary N) is 1. The fraction of sp³-hybridized carbons (Fsp3) is 0.200. The van der Waals surface area contributed by atoms with Crippen LogP contribution in [0, 0.1) is 0 Å². The van der Waals surface area contributed by atoms with Gasteiger partial charge in [-0.25, -0.2) is 0 Å². The summed E-state index contributed by atoms with van der Waals surface area (Å²) in [6.45, 7) is 14.0. The zero-order valence-electron chi connectivity index (χ0n) is 28.0. The number of hydrogen-bond donors (Lipinski definition) is 1. The SMILES string of the molecule is CC(C)(C)c1ccc2c(c1)C1(c3ccccc3-c3ccc(Nc4cccc5sc6ccccc6c45)cc31)c1cc(C(C)(C)C)ccc1-2. The van der Waals surface area contributed by atoms with Crippen LogP contribution in [0.25, 0.3) is 42.4 Å². The standard InChI is InChI=1S/C45H39NS/c1-43(2,3)27-18-21-31-32-22-19-28(44(4,5)6)25-37(32)45(36(31)24-27)35-14-9-7-12-30(35)33-23-20-29(26-38(33)45)46-39-15-11-17-41-42(39)34-13-8-10-16-40(34)47-41/h7-26,46H,1-6H3. The van der Waals surface area contributed by atoms with Gasteiger partial charge in [-0.1, -0.05) is 133 Å². The predicted molar refractivity (Wildman–Crippen MR) is 203 cm³/mol. The van der Waals surface area contributed by atoms with Crippen molar-refractivity contribution in [2.75, 3.05) is 5.32 Å². The second-order valence-electron chi connectivity index (χ2n) is 15.5. The molecule has 6 aromatic carbocycles. The van der Waals surface area contributed by atoms with Crippen molar-refractivity contribution in [1.82, 2.24) is 0 Å². The lowest BCUT2D eigenvalue weighted by atomic mass is 9.68. The van der Waals surface area contributed by atoms with Crippen molar-refractivity contribution in [3.63, 3.8) is 0 Å². The minimum atomic E-state index is -0.405. The maximum atomic E-state index is 3.91. The molecule has 0 saturated heterocycles. The fourth-order valence-corrected chi connectivity index (χ4v) is 9.36. The first-order valence-corrected chi connectivity index (χ1v) is 17.6. The van der Waals surface area contributed by atoms with Crippen molar-refractivity contribution in [3.8, 4) is 22.3 Å². The molecular weight excluding hydrogens is 587 g/mol. The molecule has 1 N–H and O–H groups in total. The van der Waals surface area contributed by atoms with Crippen LogP contribution in [0.2, 0.25) is 0 Å². The second kappa shape index (κ2) is 9.69. The molecule has 0 bridgehead atoms. The van der Waals surface area contributed by atoms with Gasteiger partial charge in [-0.3, -0.25) is 0 Å². The summed E-state index contributed by atoms with van der Waals surface area (Å²) < 4.78 is 2.63. The molecule has 2 heteroatoms. The first-order valence-electron chi connectivity index (χ1n) is 16.8. The third-order valence-electron chi connectivity index (χ3n) is 10.6. The molecule has 230 valence electrons. The third kappa shape index (κ3) is 4.01. The molecule has 0 unspecified atom stereocenters. The molecule has 2 aliphatic rings. The Morgan fingerprint density at radius 3 is 1.72 bits per heavy atom. The van der Waals surface area contributed by atoms with Crippen LogP contribution in [-0.4, -0.2) is 0 Å². The molecule has 7 aromatic rings. The van der Waals surface area contributed by atoms with Crippen LogP contribution in [0.1, 0.15) is 74.9 Å². The zero-order valence-corrected chi connectivity index (χ0v) is 28.8. The molecule has 0 aliphatic heterocycles. The minimum Gasteiger partial charge on any atom is -0.355 e. The maximum Gasteiger partial charge on any atom is 0.0726 e. The van der Waals surface area contributed by atoms with Gasteiger partial charge in [0.2, 0.25) is 0 Å². The topological polar surface area (TPSA) is 12.0 Å². The molecule has 0 radical (unpaired) electrons. The maximum absolute atomic E-state index is 3.91. The summed E-state index contributed by atoms with van der Waals surface area (Å²) in [6, 6.07) is 46.2. The van der Waals surface area contributed by atoms with E-state index in [0.29, 0.717) is 0 Å². The first kappa shape index (κ1) is 28.6. The van der Waals surface area contributed by atoms with Crippen molar-refractivity contribution >= 4 is 42.9 Å². The lowest BCUT2D eigenvalue weighted by Crippen LogP contribution is -2.27. The molecule has 0 atom stereocenters.